The molecule has 5 rings (SSSR count). The van der Waals surface area contributed by atoms with Crippen molar-refractivity contribution in [1.82, 2.24) is 15.6 Å². The second-order valence-corrected chi connectivity index (χ2v) is 12.6. The number of nitrogens with one attached hydrogen (secondary N) is 2. The van der Waals surface area contributed by atoms with Crippen molar-refractivity contribution in [3.05, 3.63) is 0 Å². The first-order chi connectivity index (χ1) is 16.8. The van der Waals surface area contributed by atoms with E-state index in [2.05, 4.69) is 39.6 Å². The van der Waals surface area contributed by atoms with Gasteiger partial charge >= 0.3 is 0 Å². The minimum absolute atomic E-state index is 0.105. The van der Waals surface area contributed by atoms with E-state index in [1.807, 2.05) is 20.3 Å². The summed E-state index contributed by atoms with van der Waals surface area (Å²) in [5, 5.41) is 24.6. The van der Waals surface area contributed by atoms with Crippen LogP contribution in [0.15, 0.2) is 15.2 Å². The predicted molar refractivity (Wildman–Crippen MR) is 141 cm³/mol. The summed E-state index contributed by atoms with van der Waals surface area (Å²) in [4.78, 5) is 12.0. The monoisotopic (exact) mass is 486 g/mol. The van der Waals surface area contributed by atoms with E-state index in [0.29, 0.717) is 35.7 Å². The molecule has 1 aliphatic heterocycles. The average Bonchev–Trinajstić information content (AvgIpc) is 3.44. The molecule has 7 atom stereocenters. The highest BCUT2D eigenvalue weighted by Gasteiger charge is 2.66. The Morgan fingerprint density at radius 3 is 2.80 bits per heavy atom. The predicted octanol–water partition coefficient (Wildman–Crippen LogP) is 3.23. The molecule has 0 saturated heterocycles. The van der Waals surface area contributed by atoms with Gasteiger partial charge < -0.3 is 20.2 Å². The van der Waals surface area contributed by atoms with Gasteiger partial charge in [-0.2, -0.15) is 5.10 Å². The van der Waals surface area contributed by atoms with E-state index in [9.17, 15) is 5.11 Å². The van der Waals surface area contributed by atoms with Crippen LogP contribution in [0.1, 0.15) is 71.6 Å². The fraction of sp³-hybridized carbons (Fsp3) is 0.889. The average molecular weight is 487 g/mol. The van der Waals surface area contributed by atoms with Gasteiger partial charge in [-0.25, -0.2) is 10.4 Å². The van der Waals surface area contributed by atoms with Gasteiger partial charge in [0.15, 0.2) is 0 Å². The van der Waals surface area contributed by atoms with Gasteiger partial charge in [0.05, 0.1) is 12.1 Å². The summed E-state index contributed by atoms with van der Waals surface area (Å²) in [7, 11) is 4.08. The SMILES string of the molecule is CN(C)CCON=CC1CC[C@@]2(O)[C@@H]3CCC4CC(=NNC5=NCCN5)CC[C@]4(C)[C@@H]3CC[C@]12C. The van der Waals surface area contributed by atoms with Crippen LogP contribution in [-0.4, -0.2) is 73.8 Å². The molecule has 1 heterocycles. The number of hydrogen-bond donors (Lipinski definition) is 3. The molecule has 0 radical (unpaired) electrons. The smallest absolute Gasteiger partial charge is 0.212 e. The molecule has 3 N–H and O–H groups in total. The van der Waals surface area contributed by atoms with Crippen LogP contribution < -0.4 is 10.7 Å². The maximum absolute atomic E-state index is 12.3. The lowest BCUT2D eigenvalue weighted by atomic mass is 9.43. The minimum atomic E-state index is -0.591. The zero-order valence-corrected chi connectivity index (χ0v) is 22.2. The number of hydrazone groups is 1. The first kappa shape index (κ1) is 25.0. The van der Waals surface area contributed by atoms with Gasteiger partial charge in [-0.05, 0) is 95.1 Å². The maximum atomic E-state index is 12.3. The highest BCUT2D eigenvalue weighted by Crippen LogP contribution is 2.68. The number of fused-ring (bicyclic) bond motifs is 5. The third-order valence-electron chi connectivity index (χ3n) is 10.7. The van der Waals surface area contributed by atoms with Crippen molar-refractivity contribution in [3.8, 4) is 0 Å². The van der Waals surface area contributed by atoms with E-state index in [1.165, 1.54) is 25.0 Å². The van der Waals surface area contributed by atoms with Crippen molar-refractivity contribution in [1.29, 1.82) is 0 Å². The quantitative estimate of drug-likeness (QED) is 0.304. The van der Waals surface area contributed by atoms with Crippen LogP contribution >= 0.6 is 0 Å². The molecule has 4 saturated carbocycles. The Bertz CT molecular complexity index is 874. The molecule has 4 fully saturated rings. The largest absolute Gasteiger partial charge is 0.395 e. The van der Waals surface area contributed by atoms with Crippen LogP contribution in [0.5, 0.6) is 0 Å². The van der Waals surface area contributed by atoms with E-state index in [-0.39, 0.29) is 5.41 Å². The van der Waals surface area contributed by atoms with Crippen molar-refractivity contribution in [3.63, 3.8) is 0 Å². The fourth-order valence-corrected chi connectivity index (χ4v) is 8.41. The molecular formula is C27H46N6O2. The Morgan fingerprint density at radius 2 is 2.03 bits per heavy atom. The van der Waals surface area contributed by atoms with Crippen molar-refractivity contribution in [2.24, 2.45) is 49.8 Å². The highest BCUT2D eigenvalue weighted by atomic mass is 16.6. The highest BCUT2D eigenvalue weighted by molar-refractivity contribution is 5.88. The molecule has 0 amide bonds. The van der Waals surface area contributed by atoms with Crippen LogP contribution in [0, 0.1) is 34.5 Å². The maximum Gasteiger partial charge on any atom is 0.212 e. The molecule has 0 spiro atoms. The van der Waals surface area contributed by atoms with Gasteiger partial charge in [-0.3, -0.25) is 0 Å². The van der Waals surface area contributed by atoms with Crippen LogP contribution in [0.2, 0.25) is 0 Å². The Kier molecular flexibility index (Phi) is 6.90. The second-order valence-electron chi connectivity index (χ2n) is 12.6. The number of likely N-dealkylation sites (N-methyl/N-ethyl adjacent to an activating group) is 1. The molecule has 0 aromatic carbocycles. The minimum Gasteiger partial charge on any atom is -0.395 e. The molecule has 0 bridgehead atoms. The third kappa shape index (κ3) is 4.39. The van der Waals surface area contributed by atoms with Gasteiger partial charge in [0.2, 0.25) is 5.96 Å². The number of hydrogen-bond acceptors (Lipinski definition) is 8. The van der Waals surface area contributed by atoms with Crippen LogP contribution in [0.4, 0.5) is 0 Å². The summed E-state index contributed by atoms with van der Waals surface area (Å²) in [6.45, 7) is 8.05. The summed E-state index contributed by atoms with van der Waals surface area (Å²) in [5.74, 6) is 2.76. The van der Waals surface area contributed by atoms with Gasteiger partial charge in [0.25, 0.3) is 0 Å². The number of aliphatic hydroxyl groups is 1. The van der Waals surface area contributed by atoms with Crippen LogP contribution in [-0.2, 0) is 4.84 Å². The fourth-order valence-electron chi connectivity index (χ4n) is 8.41. The zero-order valence-electron chi connectivity index (χ0n) is 22.2. The summed E-state index contributed by atoms with van der Waals surface area (Å²) >= 11 is 0. The number of guanidine groups is 1. The lowest BCUT2D eigenvalue weighted by Gasteiger charge is -2.63. The lowest BCUT2D eigenvalue weighted by molar-refractivity contribution is -0.198. The van der Waals surface area contributed by atoms with Crippen molar-refractivity contribution < 1.29 is 9.94 Å². The zero-order chi connectivity index (χ0) is 24.7. The van der Waals surface area contributed by atoms with E-state index >= 15 is 0 Å². The Hall–Kier alpha value is -1.67. The second kappa shape index (κ2) is 9.66. The van der Waals surface area contributed by atoms with E-state index in [4.69, 9.17) is 9.94 Å². The molecule has 4 aliphatic carbocycles. The Labute approximate surface area is 211 Å². The van der Waals surface area contributed by atoms with E-state index < -0.39 is 5.60 Å². The van der Waals surface area contributed by atoms with Crippen molar-refractivity contribution in [2.45, 2.75) is 77.2 Å². The molecule has 5 aliphatic rings. The number of aliphatic imine (C=N–C) groups is 1. The molecule has 35 heavy (non-hydrogen) atoms. The van der Waals surface area contributed by atoms with Gasteiger partial charge in [-0.1, -0.05) is 19.0 Å². The summed E-state index contributed by atoms with van der Waals surface area (Å²) in [5.41, 5.74) is 4.04. The summed E-state index contributed by atoms with van der Waals surface area (Å²) < 4.78 is 0. The van der Waals surface area contributed by atoms with Crippen molar-refractivity contribution in [2.75, 3.05) is 40.3 Å². The third-order valence-corrected chi connectivity index (χ3v) is 10.7. The molecule has 0 aromatic rings. The van der Waals surface area contributed by atoms with Gasteiger partial charge in [0, 0.05) is 36.3 Å². The van der Waals surface area contributed by atoms with Crippen molar-refractivity contribution >= 4 is 17.9 Å². The number of nitrogens with zero attached hydrogens (tertiary/aromatic N) is 4. The standard InChI is InChI=1S/C27H46N6O2/c1-25-10-8-21(31-32-24-28-13-14-29-24)17-19(25)5-6-23-22(25)9-11-26(2)20(7-12-27(23,26)34)18-30-35-16-15-33(3)4/h18-20,22-23,34H,5-17H2,1-4H3,(H2,28,29,32)/t19?,20?,22-,23-,25+,26-,27-/m1/s1. The first-order valence-corrected chi connectivity index (χ1v) is 13.9. The van der Waals surface area contributed by atoms with E-state index in [0.717, 1.165) is 64.1 Å². The number of rotatable bonds is 6. The molecule has 8 nitrogen and oxygen atoms in total. The molecule has 8 heteroatoms. The van der Waals surface area contributed by atoms with Gasteiger partial charge in [0.1, 0.15) is 6.61 Å². The van der Waals surface area contributed by atoms with Crippen LogP contribution in [0.25, 0.3) is 0 Å². The molecular weight excluding hydrogens is 440 g/mol. The first-order valence-electron chi connectivity index (χ1n) is 13.9. The van der Waals surface area contributed by atoms with E-state index in [1.54, 1.807) is 0 Å². The summed E-state index contributed by atoms with van der Waals surface area (Å²) in [6, 6.07) is 0. The summed E-state index contributed by atoms with van der Waals surface area (Å²) in [6.07, 6.45) is 11.8. The number of oxime groups is 1. The normalized spacial score (nSPS) is 44.1. The van der Waals surface area contributed by atoms with Crippen LogP contribution in [0.3, 0.4) is 0 Å². The van der Waals surface area contributed by atoms with Gasteiger partial charge in [-0.15, -0.1) is 0 Å². The topological polar surface area (TPSA) is 93.8 Å². The lowest BCUT2D eigenvalue weighted by Crippen LogP contribution is -2.62. The molecule has 2 unspecified atom stereocenters. The molecule has 196 valence electrons. The Morgan fingerprint density at radius 1 is 1.17 bits per heavy atom. The molecule has 0 aromatic heterocycles. The Balaban J connectivity index is 1.25.